The molecular weight excluding hydrogens is 322 g/mol. The zero-order valence-corrected chi connectivity index (χ0v) is 15.0. The highest BCUT2D eigenvalue weighted by molar-refractivity contribution is 6.07. The molecule has 3 atom stereocenters. The molecule has 2 saturated heterocycles. The number of aliphatic hydroxyl groups excluding tert-OH is 1. The number of carbonyl (C=O) groups excluding carboxylic acids is 2. The van der Waals surface area contributed by atoms with Crippen LogP contribution in [0.3, 0.4) is 0 Å². The first-order valence-electron chi connectivity index (χ1n) is 9.21. The molecule has 0 aromatic rings. The van der Waals surface area contributed by atoms with E-state index in [2.05, 4.69) is 25.8 Å². The second-order valence-electron chi connectivity index (χ2n) is 7.56. The van der Waals surface area contributed by atoms with Gasteiger partial charge in [0.2, 0.25) is 0 Å². The number of aliphatic hydroxyl groups is 1. The quantitative estimate of drug-likeness (QED) is 0.326. The van der Waals surface area contributed by atoms with E-state index in [0.717, 1.165) is 57.7 Å². The Morgan fingerprint density at radius 3 is 2.56 bits per heavy atom. The van der Waals surface area contributed by atoms with E-state index in [0.29, 0.717) is 5.92 Å². The summed E-state index contributed by atoms with van der Waals surface area (Å²) in [5.41, 5.74) is -0.811. The molecule has 0 bridgehead atoms. The van der Waals surface area contributed by atoms with Crippen molar-refractivity contribution in [2.75, 3.05) is 26.7 Å². The van der Waals surface area contributed by atoms with Crippen molar-refractivity contribution in [3.63, 3.8) is 0 Å². The highest BCUT2D eigenvalue weighted by Gasteiger charge is 2.48. The number of nitrogens with one attached hydrogen (secondary N) is 3. The van der Waals surface area contributed by atoms with Gasteiger partial charge in [-0.2, -0.15) is 0 Å². The number of imide groups is 1. The fourth-order valence-electron chi connectivity index (χ4n) is 4.32. The Kier molecular flexibility index (Phi) is 5.17. The molecule has 8 heteroatoms. The number of aliphatic imine (C=N–C) groups is 1. The van der Waals surface area contributed by atoms with Crippen molar-refractivity contribution in [2.24, 2.45) is 16.8 Å². The molecule has 3 unspecified atom stereocenters. The van der Waals surface area contributed by atoms with Crippen LogP contribution >= 0.6 is 0 Å². The fraction of sp³-hybridized carbons (Fsp3) is 0.824. The van der Waals surface area contributed by atoms with Crippen LogP contribution in [0.2, 0.25) is 0 Å². The highest BCUT2D eigenvalue weighted by atomic mass is 16.3. The average Bonchev–Trinajstić information content (AvgIpc) is 3.12. The summed E-state index contributed by atoms with van der Waals surface area (Å²) in [7, 11) is 1.77. The van der Waals surface area contributed by atoms with Gasteiger partial charge in [-0.3, -0.25) is 15.1 Å². The smallest absolute Gasteiger partial charge is 0.322 e. The van der Waals surface area contributed by atoms with Gasteiger partial charge in [-0.1, -0.05) is 6.42 Å². The Hall–Kier alpha value is -1.83. The van der Waals surface area contributed by atoms with E-state index >= 15 is 0 Å². The Labute approximate surface area is 148 Å². The topological polar surface area (TPSA) is 106 Å². The number of nitrogens with zero attached hydrogens (tertiary/aromatic N) is 2. The van der Waals surface area contributed by atoms with Crippen molar-refractivity contribution in [2.45, 2.75) is 50.7 Å². The summed E-state index contributed by atoms with van der Waals surface area (Å²) in [6.07, 6.45) is 4.46. The van der Waals surface area contributed by atoms with Gasteiger partial charge in [0.15, 0.2) is 5.96 Å². The molecule has 1 saturated carbocycles. The lowest BCUT2D eigenvalue weighted by molar-refractivity contribution is -0.125. The number of amides is 3. The number of likely N-dealkylation sites (tertiary alicyclic amines) is 1. The Balaban J connectivity index is 1.52. The summed E-state index contributed by atoms with van der Waals surface area (Å²) >= 11 is 0. The highest BCUT2D eigenvalue weighted by Crippen LogP contribution is 2.31. The van der Waals surface area contributed by atoms with E-state index in [1.165, 1.54) is 0 Å². The van der Waals surface area contributed by atoms with Gasteiger partial charge in [-0.15, -0.1) is 0 Å². The van der Waals surface area contributed by atoms with Crippen molar-refractivity contribution in [1.29, 1.82) is 0 Å². The average molecular weight is 351 g/mol. The van der Waals surface area contributed by atoms with Crippen LogP contribution in [0.1, 0.15) is 39.0 Å². The number of rotatable bonds is 3. The molecule has 3 amide bonds. The minimum Gasteiger partial charge on any atom is -0.393 e. The van der Waals surface area contributed by atoms with Crippen LogP contribution < -0.4 is 16.0 Å². The zero-order chi connectivity index (χ0) is 18.0. The Morgan fingerprint density at radius 1 is 1.32 bits per heavy atom. The minimum absolute atomic E-state index is 0.116. The lowest BCUT2D eigenvalue weighted by atomic mass is 9.79. The SMILES string of the molecule is CN=C(NCC1CCCC1O)N1CCC(C2(C)NC(=O)NC2=O)CC1. The zero-order valence-electron chi connectivity index (χ0n) is 15.0. The molecule has 0 spiro atoms. The fourth-order valence-corrected chi connectivity index (χ4v) is 4.32. The van der Waals surface area contributed by atoms with Gasteiger partial charge in [0.25, 0.3) is 5.91 Å². The molecule has 3 rings (SSSR count). The number of guanidine groups is 1. The molecule has 4 N–H and O–H groups in total. The summed E-state index contributed by atoms with van der Waals surface area (Å²) in [5.74, 6) is 1.03. The van der Waals surface area contributed by atoms with Crippen LogP contribution in [0, 0.1) is 11.8 Å². The van der Waals surface area contributed by atoms with E-state index in [1.807, 2.05) is 6.92 Å². The van der Waals surface area contributed by atoms with E-state index < -0.39 is 11.6 Å². The molecule has 0 radical (unpaired) electrons. The number of hydrogen-bond donors (Lipinski definition) is 4. The van der Waals surface area contributed by atoms with E-state index in [-0.39, 0.29) is 17.9 Å². The molecule has 0 aromatic heterocycles. The second kappa shape index (κ2) is 7.19. The summed E-state index contributed by atoms with van der Waals surface area (Å²) in [5, 5.41) is 18.5. The maximum Gasteiger partial charge on any atom is 0.322 e. The molecule has 2 aliphatic heterocycles. The van der Waals surface area contributed by atoms with Gasteiger partial charge < -0.3 is 20.6 Å². The lowest BCUT2D eigenvalue weighted by Crippen LogP contribution is -2.55. The summed E-state index contributed by atoms with van der Waals surface area (Å²) in [4.78, 5) is 30.1. The maximum atomic E-state index is 12.1. The van der Waals surface area contributed by atoms with Crippen LogP contribution in [0.5, 0.6) is 0 Å². The van der Waals surface area contributed by atoms with E-state index in [4.69, 9.17) is 0 Å². The third-order valence-electron chi connectivity index (χ3n) is 6.04. The summed E-state index contributed by atoms with van der Waals surface area (Å²) in [6, 6.07) is -0.400. The van der Waals surface area contributed by atoms with Gasteiger partial charge in [0.05, 0.1) is 6.10 Å². The molecular formula is C17H29N5O3. The number of urea groups is 1. The lowest BCUT2D eigenvalue weighted by Gasteiger charge is -2.40. The first-order chi connectivity index (χ1) is 11.9. The van der Waals surface area contributed by atoms with Crippen LogP contribution in [0.25, 0.3) is 0 Å². The second-order valence-corrected chi connectivity index (χ2v) is 7.56. The molecule has 3 fully saturated rings. The van der Waals surface area contributed by atoms with Crippen molar-refractivity contribution in [3.05, 3.63) is 0 Å². The van der Waals surface area contributed by atoms with E-state index in [1.54, 1.807) is 7.05 Å². The molecule has 25 heavy (non-hydrogen) atoms. The first kappa shape index (κ1) is 18.0. The third kappa shape index (κ3) is 3.58. The van der Waals surface area contributed by atoms with Gasteiger partial charge in [0, 0.05) is 32.6 Å². The van der Waals surface area contributed by atoms with Gasteiger partial charge >= 0.3 is 6.03 Å². The standard InChI is InChI=1S/C17H29N5O3/c1-17(14(24)20-16(25)21-17)12-6-8-22(9-7-12)15(18-2)19-10-11-4-3-5-13(11)23/h11-13,23H,3-10H2,1-2H3,(H,18,19)(H2,20,21,24,25). The first-order valence-corrected chi connectivity index (χ1v) is 9.21. The van der Waals surface area contributed by atoms with Gasteiger partial charge in [-0.05, 0) is 38.5 Å². The molecule has 3 aliphatic rings. The largest absolute Gasteiger partial charge is 0.393 e. The predicted octanol–water partition coefficient (Wildman–Crippen LogP) is 0.0329. The van der Waals surface area contributed by atoms with Gasteiger partial charge in [-0.25, -0.2) is 4.79 Å². The van der Waals surface area contributed by atoms with Crippen LogP contribution in [-0.4, -0.2) is 66.2 Å². The summed E-state index contributed by atoms with van der Waals surface area (Å²) < 4.78 is 0. The number of carbonyl (C=O) groups is 2. The molecule has 1 aliphatic carbocycles. The number of piperidine rings is 1. The van der Waals surface area contributed by atoms with Crippen LogP contribution in [0.4, 0.5) is 4.79 Å². The molecule has 2 heterocycles. The maximum absolute atomic E-state index is 12.1. The van der Waals surface area contributed by atoms with Crippen molar-refractivity contribution in [1.82, 2.24) is 20.9 Å². The summed E-state index contributed by atoms with van der Waals surface area (Å²) in [6.45, 7) is 4.12. The molecule has 8 nitrogen and oxygen atoms in total. The predicted molar refractivity (Wildman–Crippen MR) is 94.1 cm³/mol. The number of hydrogen-bond acceptors (Lipinski definition) is 4. The van der Waals surface area contributed by atoms with Crippen molar-refractivity contribution < 1.29 is 14.7 Å². The Bertz CT molecular complexity index is 558. The van der Waals surface area contributed by atoms with Crippen molar-refractivity contribution in [3.8, 4) is 0 Å². The Morgan fingerprint density at radius 2 is 2.04 bits per heavy atom. The normalized spacial score (nSPS) is 34.2. The molecule has 0 aromatic carbocycles. The van der Waals surface area contributed by atoms with Crippen LogP contribution in [-0.2, 0) is 4.79 Å². The molecule has 140 valence electrons. The van der Waals surface area contributed by atoms with Crippen molar-refractivity contribution >= 4 is 17.9 Å². The van der Waals surface area contributed by atoms with Gasteiger partial charge in [0.1, 0.15) is 5.54 Å². The third-order valence-corrected chi connectivity index (χ3v) is 6.04. The van der Waals surface area contributed by atoms with Crippen LogP contribution in [0.15, 0.2) is 4.99 Å². The minimum atomic E-state index is -0.811. The van der Waals surface area contributed by atoms with E-state index in [9.17, 15) is 14.7 Å². The monoisotopic (exact) mass is 351 g/mol.